The monoisotopic (exact) mass is 458 g/mol. The topological polar surface area (TPSA) is 51.2 Å². The van der Waals surface area contributed by atoms with Crippen LogP contribution in [0.25, 0.3) is 11.3 Å². The number of benzene rings is 2. The van der Waals surface area contributed by atoms with Crippen LogP contribution in [0.5, 0.6) is 11.5 Å². The molecule has 146 valence electrons. The number of thiol groups is 1. The van der Waals surface area contributed by atoms with Crippen molar-refractivity contribution in [2.75, 3.05) is 5.32 Å². The Kier molecular flexibility index (Phi) is 5.91. The van der Waals surface area contributed by atoms with Gasteiger partial charge in [0.15, 0.2) is 5.13 Å². The number of carbonyl (C=O) groups excluding carboxylic acids is 1. The van der Waals surface area contributed by atoms with Gasteiger partial charge in [0, 0.05) is 26.5 Å². The zero-order chi connectivity index (χ0) is 20.4. The fourth-order valence-electron chi connectivity index (χ4n) is 2.67. The van der Waals surface area contributed by atoms with Gasteiger partial charge in [-0.2, -0.15) is 0 Å². The Morgan fingerprint density at radius 3 is 2.38 bits per heavy atom. The number of aromatic nitrogens is 1. The van der Waals surface area contributed by atoms with Gasteiger partial charge in [0.25, 0.3) is 0 Å². The van der Waals surface area contributed by atoms with Crippen LogP contribution in [-0.2, 0) is 0 Å². The van der Waals surface area contributed by atoms with Gasteiger partial charge < -0.3 is 10.1 Å². The molecule has 29 heavy (non-hydrogen) atoms. The summed E-state index contributed by atoms with van der Waals surface area (Å²) in [6, 6.07) is 16.7. The predicted molar refractivity (Wildman–Crippen MR) is 125 cm³/mol. The first-order valence-corrected chi connectivity index (χ1v) is 11.1. The zero-order valence-corrected chi connectivity index (χ0v) is 18.5. The van der Waals surface area contributed by atoms with E-state index in [0.717, 1.165) is 38.5 Å². The summed E-state index contributed by atoms with van der Waals surface area (Å²) in [7, 11) is 0. The second-order valence-electron chi connectivity index (χ2n) is 6.13. The summed E-state index contributed by atoms with van der Waals surface area (Å²) in [4.78, 5) is 17.8. The van der Waals surface area contributed by atoms with Crippen LogP contribution in [0, 0.1) is 6.92 Å². The van der Waals surface area contributed by atoms with E-state index in [0.29, 0.717) is 9.90 Å². The maximum absolute atomic E-state index is 11.5. The number of ether oxygens (including phenoxy) is 1. The third-order valence-electron chi connectivity index (χ3n) is 4.06. The smallest absolute Gasteiger partial charge is 0.226 e. The molecule has 0 radical (unpaired) electrons. The third kappa shape index (κ3) is 4.82. The highest BCUT2D eigenvalue weighted by molar-refractivity contribution is 7.97. The number of hydrogen-bond donors (Lipinski definition) is 2. The predicted octanol–water partition coefficient (Wildman–Crippen LogP) is 7.44. The summed E-state index contributed by atoms with van der Waals surface area (Å²) >= 11 is 12.7. The van der Waals surface area contributed by atoms with Crippen LogP contribution in [0.1, 0.15) is 14.5 Å². The molecule has 4 aromatic rings. The number of thiazole rings is 1. The van der Waals surface area contributed by atoms with Gasteiger partial charge in [-0.25, -0.2) is 4.98 Å². The average molecular weight is 459 g/mol. The average Bonchev–Trinajstić information content (AvgIpc) is 3.31. The first kappa shape index (κ1) is 20.0. The lowest BCUT2D eigenvalue weighted by atomic mass is 10.2. The summed E-state index contributed by atoms with van der Waals surface area (Å²) in [6.45, 7) is 1.98. The van der Waals surface area contributed by atoms with E-state index >= 15 is 0 Å². The van der Waals surface area contributed by atoms with Gasteiger partial charge in [0.05, 0.1) is 10.6 Å². The van der Waals surface area contributed by atoms with Crippen LogP contribution in [0.3, 0.4) is 0 Å². The summed E-state index contributed by atoms with van der Waals surface area (Å²) in [6.07, 6.45) is 0. The number of carbonyl (C=O) groups is 1. The summed E-state index contributed by atoms with van der Waals surface area (Å²) in [5, 5.41) is 6.49. The van der Waals surface area contributed by atoms with E-state index in [1.807, 2.05) is 54.8 Å². The minimum Gasteiger partial charge on any atom is -0.457 e. The molecular weight excluding hydrogens is 444 g/mol. The second kappa shape index (κ2) is 8.59. The summed E-state index contributed by atoms with van der Waals surface area (Å²) in [5.41, 5.74) is 2.71. The molecule has 0 bridgehead atoms. The highest BCUT2D eigenvalue weighted by Gasteiger charge is 2.14. The molecule has 0 aliphatic rings. The van der Waals surface area contributed by atoms with Gasteiger partial charge in [-0.05, 0) is 61.5 Å². The Bertz CT molecular complexity index is 1150. The van der Waals surface area contributed by atoms with Crippen LogP contribution < -0.4 is 10.1 Å². The fourth-order valence-corrected chi connectivity index (χ4v) is 4.59. The van der Waals surface area contributed by atoms with Crippen molar-refractivity contribution in [2.24, 2.45) is 0 Å². The molecule has 0 saturated carbocycles. The lowest BCUT2D eigenvalue weighted by Gasteiger charge is -2.07. The van der Waals surface area contributed by atoms with E-state index in [9.17, 15) is 4.79 Å². The van der Waals surface area contributed by atoms with E-state index in [4.69, 9.17) is 16.3 Å². The van der Waals surface area contributed by atoms with Crippen molar-refractivity contribution in [1.29, 1.82) is 0 Å². The second-order valence-corrected chi connectivity index (χ2v) is 9.09. The van der Waals surface area contributed by atoms with Crippen molar-refractivity contribution in [1.82, 2.24) is 4.98 Å². The molecule has 0 unspecified atom stereocenters. The molecule has 0 aliphatic heterocycles. The molecule has 8 heteroatoms. The van der Waals surface area contributed by atoms with Crippen molar-refractivity contribution in [3.63, 3.8) is 0 Å². The van der Waals surface area contributed by atoms with Crippen LogP contribution >= 0.6 is 46.9 Å². The lowest BCUT2D eigenvalue weighted by Crippen LogP contribution is -1.90. The number of thiophene rings is 1. The van der Waals surface area contributed by atoms with E-state index in [2.05, 4.69) is 22.9 Å². The van der Waals surface area contributed by atoms with Crippen molar-refractivity contribution in [3.8, 4) is 22.8 Å². The highest BCUT2D eigenvalue weighted by Crippen LogP contribution is 2.34. The molecule has 0 fully saturated rings. The Labute approximate surface area is 186 Å². The van der Waals surface area contributed by atoms with Crippen molar-refractivity contribution >= 4 is 62.8 Å². The summed E-state index contributed by atoms with van der Waals surface area (Å²) in [5.74, 6) is 1.46. The number of anilines is 2. The molecule has 0 atom stereocenters. The molecule has 1 N–H and O–H groups in total. The maximum Gasteiger partial charge on any atom is 0.226 e. The van der Waals surface area contributed by atoms with Crippen LogP contribution in [0.2, 0.25) is 5.02 Å². The Morgan fingerprint density at radius 2 is 1.76 bits per heavy atom. The molecular formula is C21H15ClN2O2S3. The third-order valence-corrected chi connectivity index (χ3v) is 6.51. The zero-order valence-electron chi connectivity index (χ0n) is 15.2. The van der Waals surface area contributed by atoms with E-state index in [1.165, 1.54) is 22.7 Å². The van der Waals surface area contributed by atoms with E-state index < -0.39 is 0 Å². The van der Waals surface area contributed by atoms with Gasteiger partial charge >= 0.3 is 0 Å². The maximum atomic E-state index is 11.5. The van der Waals surface area contributed by atoms with Gasteiger partial charge in [-0.3, -0.25) is 4.79 Å². The number of rotatable bonds is 6. The minimum absolute atomic E-state index is 0.223. The number of aryl methyl sites for hydroxylation is 1. The molecule has 4 nitrogen and oxygen atoms in total. The van der Waals surface area contributed by atoms with E-state index in [-0.39, 0.29) is 5.12 Å². The molecule has 4 rings (SSSR count). The summed E-state index contributed by atoms with van der Waals surface area (Å²) < 4.78 is 5.80. The first-order valence-electron chi connectivity index (χ1n) is 8.58. The van der Waals surface area contributed by atoms with Crippen molar-refractivity contribution in [3.05, 3.63) is 74.8 Å². The Hall–Kier alpha value is -2.32. The normalized spacial score (nSPS) is 10.7. The SMILES string of the molecule is Cc1sc(C(=O)S)cc1-c1csc(Nc2ccc(Oc3ccc(Cl)cc3)cc2)n1. The Balaban J connectivity index is 1.45. The molecule has 0 aliphatic carbocycles. The molecule has 0 amide bonds. The largest absolute Gasteiger partial charge is 0.457 e. The van der Waals surface area contributed by atoms with Gasteiger partial charge in [0.1, 0.15) is 11.5 Å². The van der Waals surface area contributed by atoms with E-state index in [1.54, 1.807) is 12.1 Å². The fraction of sp³-hybridized carbons (Fsp3) is 0.0476. The lowest BCUT2D eigenvalue weighted by molar-refractivity contribution is 0.109. The van der Waals surface area contributed by atoms with Gasteiger partial charge in [0.2, 0.25) is 5.12 Å². The van der Waals surface area contributed by atoms with Crippen LogP contribution in [0.15, 0.2) is 60.0 Å². The molecule has 2 heterocycles. The molecule has 2 aromatic heterocycles. The number of hydrogen-bond acceptors (Lipinski definition) is 6. The van der Waals surface area contributed by atoms with Crippen molar-refractivity contribution < 1.29 is 9.53 Å². The molecule has 0 spiro atoms. The number of nitrogens with one attached hydrogen (secondary N) is 1. The van der Waals surface area contributed by atoms with Gasteiger partial charge in [-0.15, -0.1) is 22.7 Å². The highest BCUT2D eigenvalue weighted by atomic mass is 35.5. The van der Waals surface area contributed by atoms with Gasteiger partial charge in [-0.1, -0.05) is 24.2 Å². The quantitative estimate of drug-likeness (QED) is 0.295. The van der Waals surface area contributed by atoms with Crippen LogP contribution in [-0.4, -0.2) is 10.1 Å². The number of halogens is 1. The van der Waals surface area contributed by atoms with Crippen molar-refractivity contribution in [2.45, 2.75) is 6.92 Å². The Morgan fingerprint density at radius 1 is 1.10 bits per heavy atom. The minimum atomic E-state index is -0.223. The number of nitrogens with zero attached hydrogens (tertiary/aromatic N) is 1. The molecule has 2 aromatic carbocycles. The standard InChI is InChI=1S/C21H15ClN2O2S3/c1-12-17(10-19(29-12)20(25)27)18-11-28-21(24-18)23-14-4-8-16(9-5-14)26-15-6-2-13(22)3-7-15/h2-11H,1H3,(H,23,24)(H,25,27). The molecule has 0 saturated heterocycles. The first-order chi connectivity index (χ1) is 14.0. The van der Waals surface area contributed by atoms with Crippen LogP contribution in [0.4, 0.5) is 10.8 Å².